The first-order valence-electron chi connectivity index (χ1n) is 7.75. The van der Waals surface area contributed by atoms with Gasteiger partial charge in [0.2, 0.25) is 5.75 Å². The molecule has 1 N–H and O–H groups in total. The lowest BCUT2D eigenvalue weighted by Gasteiger charge is -2.14. The molecule has 0 bridgehead atoms. The molecule has 2 aromatic rings. The molecule has 0 saturated carbocycles. The molecule has 0 fully saturated rings. The predicted octanol–water partition coefficient (Wildman–Crippen LogP) is 2.72. The Bertz CT molecular complexity index is 881. The molecule has 0 heterocycles. The minimum atomic E-state index is -3.75. The normalized spacial score (nSPS) is 11.8. The van der Waals surface area contributed by atoms with Crippen LogP contribution in [0, 0.1) is 6.92 Å². The van der Waals surface area contributed by atoms with Crippen LogP contribution in [0.5, 0.6) is 17.2 Å². The summed E-state index contributed by atoms with van der Waals surface area (Å²) in [5.41, 5.74) is 2.05. The highest BCUT2D eigenvalue weighted by atomic mass is 32.2. The summed E-state index contributed by atoms with van der Waals surface area (Å²) in [6.45, 7) is 3.56. The van der Waals surface area contributed by atoms with Crippen molar-refractivity contribution in [1.29, 1.82) is 0 Å². The van der Waals surface area contributed by atoms with E-state index in [9.17, 15) is 8.42 Å². The second-order valence-corrected chi connectivity index (χ2v) is 7.18. The monoisotopic (exact) mass is 378 g/mol. The van der Waals surface area contributed by atoms with Crippen LogP contribution in [-0.2, 0) is 10.0 Å². The summed E-state index contributed by atoms with van der Waals surface area (Å²) in [6, 6.07) is 9.90. The number of hydrazone groups is 1. The van der Waals surface area contributed by atoms with Crippen molar-refractivity contribution in [2.45, 2.75) is 18.7 Å². The molecule has 0 aliphatic heterocycles. The Labute approximate surface area is 153 Å². The molecule has 2 rings (SSSR count). The van der Waals surface area contributed by atoms with E-state index in [2.05, 4.69) is 9.93 Å². The Morgan fingerprint density at radius 3 is 1.96 bits per heavy atom. The summed E-state index contributed by atoms with van der Waals surface area (Å²) in [5.74, 6) is 1.36. The third-order valence-corrected chi connectivity index (χ3v) is 4.97. The first-order valence-corrected chi connectivity index (χ1v) is 9.24. The van der Waals surface area contributed by atoms with Gasteiger partial charge in [0.15, 0.2) is 11.5 Å². The quantitative estimate of drug-likeness (QED) is 0.591. The second kappa shape index (κ2) is 8.09. The number of nitrogens with zero attached hydrogens (tertiary/aromatic N) is 1. The fraction of sp³-hybridized carbons (Fsp3) is 0.278. The highest BCUT2D eigenvalue weighted by molar-refractivity contribution is 7.89. The summed E-state index contributed by atoms with van der Waals surface area (Å²) in [4.78, 5) is 2.39. The van der Waals surface area contributed by atoms with Crippen molar-refractivity contribution >= 4 is 15.7 Å². The zero-order chi connectivity index (χ0) is 19.3. The number of benzene rings is 2. The van der Waals surface area contributed by atoms with Gasteiger partial charge in [-0.2, -0.15) is 18.4 Å². The number of aryl methyl sites for hydroxylation is 1. The number of hydrogen-bond acceptors (Lipinski definition) is 6. The number of methoxy groups -OCH3 is 3. The van der Waals surface area contributed by atoms with Gasteiger partial charge in [0.05, 0.1) is 31.9 Å². The molecule has 2 aromatic carbocycles. The lowest BCUT2D eigenvalue weighted by molar-refractivity contribution is 0.324. The van der Waals surface area contributed by atoms with Crippen LogP contribution in [0.1, 0.15) is 18.1 Å². The van der Waals surface area contributed by atoms with Crippen LogP contribution in [0.4, 0.5) is 0 Å². The van der Waals surface area contributed by atoms with Gasteiger partial charge in [0.1, 0.15) is 0 Å². The van der Waals surface area contributed by atoms with Crippen molar-refractivity contribution in [2.24, 2.45) is 5.10 Å². The molecule has 7 nitrogen and oxygen atoms in total. The maximum Gasteiger partial charge on any atom is 0.276 e. The molecular formula is C18H22N2O5S. The zero-order valence-corrected chi connectivity index (χ0v) is 16.2. The van der Waals surface area contributed by atoms with Crippen LogP contribution in [0.2, 0.25) is 0 Å². The Kier molecular flexibility index (Phi) is 6.10. The van der Waals surface area contributed by atoms with Crippen molar-refractivity contribution in [3.8, 4) is 17.2 Å². The smallest absolute Gasteiger partial charge is 0.276 e. The second-order valence-electron chi connectivity index (χ2n) is 5.52. The van der Waals surface area contributed by atoms with Crippen LogP contribution in [0.3, 0.4) is 0 Å². The minimum absolute atomic E-state index is 0.143. The number of sulfonamides is 1. The van der Waals surface area contributed by atoms with Gasteiger partial charge in [-0.05, 0) is 38.1 Å². The molecule has 0 aromatic heterocycles. The van der Waals surface area contributed by atoms with Gasteiger partial charge in [0, 0.05) is 5.56 Å². The Morgan fingerprint density at radius 1 is 0.962 bits per heavy atom. The van der Waals surface area contributed by atoms with Gasteiger partial charge >= 0.3 is 0 Å². The van der Waals surface area contributed by atoms with Crippen molar-refractivity contribution in [3.05, 3.63) is 47.5 Å². The molecule has 0 atom stereocenters. The molecule has 0 radical (unpaired) electrons. The van der Waals surface area contributed by atoms with Gasteiger partial charge in [-0.25, -0.2) is 0 Å². The average Bonchev–Trinajstić information content (AvgIpc) is 2.65. The van der Waals surface area contributed by atoms with E-state index in [1.807, 2.05) is 6.92 Å². The highest BCUT2D eigenvalue weighted by Gasteiger charge is 2.16. The van der Waals surface area contributed by atoms with Gasteiger partial charge in [0.25, 0.3) is 10.0 Å². The van der Waals surface area contributed by atoms with E-state index >= 15 is 0 Å². The Hall–Kier alpha value is -2.74. The van der Waals surface area contributed by atoms with Crippen molar-refractivity contribution in [2.75, 3.05) is 21.3 Å². The van der Waals surface area contributed by atoms with Crippen molar-refractivity contribution in [3.63, 3.8) is 0 Å². The average molecular weight is 378 g/mol. The molecule has 0 amide bonds. The lowest BCUT2D eigenvalue weighted by Crippen LogP contribution is -2.20. The third kappa shape index (κ3) is 4.26. The molecule has 26 heavy (non-hydrogen) atoms. The molecule has 0 unspecified atom stereocenters. The van der Waals surface area contributed by atoms with E-state index in [0.29, 0.717) is 28.5 Å². The van der Waals surface area contributed by atoms with Gasteiger partial charge in [-0.15, -0.1) is 0 Å². The van der Waals surface area contributed by atoms with Crippen LogP contribution in [0.25, 0.3) is 0 Å². The minimum Gasteiger partial charge on any atom is -0.493 e. The molecule has 0 saturated heterocycles. The van der Waals surface area contributed by atoms with Crippen LogP contribution < -0.4 is 19.0 Å². The number of hydrogen-bond donors (Lipinski definition) is 1. The summed E-state index contributed by atoms with van der Waals surface area (Å²) >= 11 is 0. The summed E-state index contributed by atoms with van der Waals surface area (Å²) in [7, 11) is 0.777. The fourth-order valence-corrected chi connectivity index (χ4v) is 3.11. The van der Waals surface area contributed by atoms with Gasteiger partial charge in [-0.1, -0.05) is 17.7 Å². The van der Waals surface area contributed by atoms with Crippen LogP contribution in [-0.4, -0.2) is 35.5 Å². The maximum absolute atomic E-state index is 12.3. The maximum atomic E-state index is 12.3. The highest BCUT2D eigenvalue weighted by Crippen LogP contribution is 2.38. The molecule has 0 spiro atoms. The largest absolute Gasteiger partial charge is 0.493 e. The van der Waals surface area contributed by atoms with E-state index in [1.165, 1.54) is 33.5 Å². The lowest BCUT2D eigenvalue weighted by atomic mass is 10.1. The fourth-order valence-electron chi connectivity index (χ4n) is 2.25. The molecule has 140 valence electrons. The van der Waals surface area contributed by atoms with E-state index in [0.717, 1.165) is 5.56 Å². The molecule has 8 heteroatoms. The summed E-state index contributed by atoms with van der Waals surface area (Å²) in [6.07, 6.45) is 0. The standard InChI is InChI=1S/C18H22N2O5S/c1-12-6-8-15(9-7-12)26(21,22)20-19-13(2)14-10-16(23-3)18(25-5)17(11-14)24-4/h6-11,20H,1-5H3/b19-13+. The van der Waals surface area contributed by atoms with Crippen molar-refractivity contribution < 1.29 is 22.6 Å². The Morgan fingerprint density at radius 2 is 1.50 bits per heavy atom. The molecule has 0 aliphatic carbocycles. The number of ether oxygens (including phenoxy) is 3. The first kappa shape index (κ1) is 19.6. The van der Waals surface area contributed by atoms with Crippen LogP contribution >= 0.6 is 0 Å². The van der Waals surface area contributed by atoms with E-state index < -0.39 is 10.0 Å². The zero-order valence-electron chi connectivity index (χ0n) is 15.4. The molecule has 0 aliphatic rings. The first-order chi connectivity index (χ1) is 12.3. The van der Waals surface area contributed by atoms with E-state index in [-0.39, 0.29) is 4.90 Å². The van der Waals surface area contributed by atoms with Gasteiger partial charge in [-0.3, -0.25) is 0 Å². The van der Waals surface area contributed by atoms with E-state index in [4.69, 9.17) is 14.2 Å². The summed E-state index contributed by atoms with van der Waals surface area (Å²) in [5, 5.41) is 4.00. The topological polar surface area (TPSA) is 86.2 Å². The van der Waals surface area contributed by atoms with E-state index in [1.54, 1.807) is 31.2 Å². The SMILES string of the molecule is COc1cc(/C(C)=N/NS(=O)(=O)c2ccc(C)cc2)cc(OC)c1OC. The Balaban J connectivity index is 2.33. The predicted molar refractivity (Wildman–Crippen MR) is 99.8 cm³/mol. The number of nitrogens with one attached hydrogen (secondary N) is 1. The third-order valence-electron chi connectivity index (χ3n) is 3.75. The van der Waals surface area contributed by atoms with Crippen molar-refractivity contribution in [1.82, 2.24) is 4.83 Å². The molecular weight excluding hydrogens is 356 g/mol. The van der Waals surface area contributed by atoms with Crippen LogP contribution in [0.15, 0.2) is 46.4 Å². The number of rotatable bonds is 7. The van der Waals surface area contributed by atoms with Gasteiger partial charge < -0.3 is 14.2 Å². The summed E-state index contributed by atoms with van der Waals surface area (Å²) < 4.78 is 40.5.